The molecule has 25 heavy (non-hydrogen) atoms. The van der Waals surface area contributed by atoms with Crippen LogP contribution < -0.4 is 0 Å². The molecule has 2 atom stereocenters. The number of ether oxygens (including phenoxy) is 1. The number of nitrogens with zero attached hydrogens (tertiary/aromatic N) is 2. The van der Waals surface area contributed by atoms with Crippen molar-refractivity contribution < 1.29 is 14.3 Å². The number of amides is 1. The van der Waals surface area contributed by atoms with E-state index in [4.69, 9.17) is 4.74 Å². The van der Waals surface area contributed by atoms with Crippen LogP contribution >= 0.6 is 0 Å². The minimum absolute atomic E-state index is 0.0253. The molecule has 0 saturated carbocycles. The van der Waals surface area contributed by atoms with E-state index in [0.717, 1.165) is 32.2 Å². The zero-order valence-corrected chi connectivity index (χ0v) is 16.0. The maximum absolute atomic E-state index is 12.5. The monoisotopic (exact) mass is 346 g/mol. The third-order valence-electron chi connectivity index (χ3n) is 4.90. The van der Waals surface area contributed by atoms with Crippen LogP contribution in [0.5, 0.6) is 0 Å². The average Bonchev–Trinajstić information content (AvgIpc) is 3.01. The third kappa shape index (κ3) is 4.60. The zero-order chi connectivity index (χ0) is 18.7. The van der Waals surface area contributed by atoms with E-state index in [1.165, 1.54) is 10.5 Å². The van der Waals surface area contributed by atoms with Crippen LogP contribution in [0.1, 0.15) is 46.1 Å². The van der Waals surface area contributed by atoms with Crippen LogP contribution in [-0.2, 0) is 16.1 Å². The summed E-state index contributed by atoms with van der Waals surface area (Å²) in [5.74, 6) is 0. The SMILES string of the molecule is CN(C(=O)OC(C)(C)C)C(C)(C=O)C1CCCN1Cc1ccccc1. The van der Waals surface area contributed by atoms with Crippen LogP contribution in [0, 0.1) is 0 Å². The van der Waals surface area contributed by atoms with Crippen molar-refractivity contribution in [3.8, 4) is 0 Å². The molecule has 0 aliphatic carbocycles. The first-order chi connectivity index (χ1) is 11.7. The molecule has 0 radical (unpaired) electrons. The predicted octanol–water partition coefficient (Wildman–Crippen LogP) is 3.48. The number of carbonyl (C=O) groups is 2. The van der Waals surface area contributed by atoms with Gasteiger partial charge in [-0.2, -0.15) is 0 Å². The van der Waals surface area contributed by atoms with E-state index < -0.39 is 17.2 Å². The minimum atomic E-state index is -0.923. The lowest BCUT2D eigenvalue weighted by Gasteiger charge is -2.43. The zero-order valence-electron chi connectivity index (χ0n) is 16.0. The number of likely N-dealkylation sites (tertiary alicyclic amines) is 1. The van der Waals surface area contributed by atoms with E-state index in [9.17, 15) is 9.59 Å². The Balaban J connectivity index is 2.18. The van der Waals surface area contributed by atoms with E-state index in [-0.39, 0.29) is 6.04 Å². The number of rotatable bonds is 5. The Hall–Kier alpha value is -1.88. The van der Waals surface area contributed by atoms with Crippen molar-refractivity contribution in [2.24, 2.45) is 0 Å². The molecule has 1 aliphatic heterocycles. The Labute approximate surface area is 150 Å². The summed E-state index contributed by atoms with van der Waals surface area (Å²) >= 11 is 0. The van der Waals surface area contributed by atoms with Gasteiger partial charge in [-0.05, 0) is 52.6 Å². The molecule has 0 spiro atoms. The highest BCUT2D eigenvalue weighted by Gasteiger charge is 2.46. The van der Waals surface area contributed by atoms with Crippen molar-refractivity contribution in [3.05, 3.63) is 35.9 Å². The Kier molecular flexibility index (Phi) is 5.88. The minimum Gasteiger partial charge on any atom is -0.444 e. The summed E-state index contributed by atoms with van der Waals surface area (Å²) in [5, 5.41) is 0. The quantitative estimate of drug-likeness (QED) is 0.766. The Bertz CT molecular complexity index is 597. The van der Waals surface area contributed by atoms with Crippen molar-refractivity contribution in [1.29, 1.82) is 0 Å². The van der Waals surface area contributed by atoms with Crippen LogP contribution in [0.25, 0.3) is 0 Å². The maximum atomic E-state index is 12.5. The van der Waals surface area contributed by atoms with Gasteiger partial charge in [0.1, 0.15) is 17.4 Å². The molecule has 0 bridgehead atoms. The van der Waals surface area contributed by atoms with Crippen LogP contribution in [0.3, 0.4) is 0 Å². The van der Waals surface area contributed by atoms with Crippen molar-refractivity contribution in [3.63, 3.8) is 0 Å². The molecule has 5 heteroatoms. The molecule has 2 rings (SSSR count). The number of benzene rings is 1. The van der Waals surface area contributed by atoms with Crippen molar-refractivity contribution >= 4 is 12.4 Å². The number of aldehydes is 1. The highest BCUT2D eigenvalue weighted by atomic mass is 16.6. The van der Waals surface area contributed by atoms with Gasteiger partial charge in [0.05, 0.1) is 0 Å². The number of carbonyl (C=O) groups excluding carboxylic acids is 2. The molecule has 0 N–H and O–H groups in total. The fourth-order valence-electron chi connectivity index (χ4n) is 3.40. The third-order valence-corrected chi connectivity index (χ3v) is 4.90. The molecule has 0 aromatic heterocycles. The molecule has 138 valence electrons. The second-order valence-corrected chi connectivity index (χ2v) is 8.00. The highest BCUT2D eigenvalue weighted by molar-refractivity contribution is 5.77. The Morgan fingerprint density at radius 2 is 1.92 bits per heavy atom. The molecule has 1 aromatic carbocycles. The largest absolute Gasteiger partial charge is 0.444 e. The lowest BCUT2D eigenvalue weighted by molar-refractivity contribution is -0.120. The number of hydrogen-bond acceptors (Lipinski definition) is 4. The van der Waals surface area contributed by atoms with Crippen molar-refractivity contribution in [1.82, 2.24) is 9.80 Å². The van der Waals surface area contributed by atoms with Crippen LogP contribution in [0.15, 0.2) is 30.3 Å². The molecular formula is C20H30N2O3. The summed E-state index contributed by atoms with van der Waals surface area (Å²) in [6.07, 6.45) is 2.33. The molecule has 1 heterocycles. The van der Waals surface area contributed by atoms with Gasteiger partial charge in [-0.1, -0.05) is 30.3 Å². The van der Waals surface area contributed by atoms with Gasteiger partial charge in [0, 0.05) is 19.6 Å². The van der Waals surface area contributed by atoms with E-state index in [1.807, 2.05) is 45.9 Å². The first-order valence-electron chi connectivity index (χ1n) is 8.88. The summed E-state index contributed by atoms with van der Waals surface area (Å²) in [7, 11) is 1.65. The molecule has 5 nitrogen and oxygen atoms in total. The van der Waals surface area contributed by atoms with Gasteiger partial charge in [0.15, 0.2) is 0 Å². The van der Waals surface area contributed by atoms with E-state index in [2.05, 4.69) is 17.0 Å². The van der Waals surface area contributed by atoms with Crippen LogP contribution in [0.4, 0.5) is 4.79 Å². The van der Waals surface area contributed by atoms with Gasteiger partial charge in [0.2, 0.25) is 0 Å². The Morgan fingerprint density at radius 1 is 1.28 bits per heavy atom. The van der Waals surface area contributed by atoms with Crippen molar-refractivity contribution in [2.45, 2.75) is 64.3 Å². The summed E-state index contributed by atoms with van der Waals surface area (Å²) < 4.78 is 5.47. The lowest BCUT2D eigenvalue weighted by Crippen LogP contribution is -2.60. The smallest absolute Gasteiger partial charge is 0.410 e. The molecule has 1 aliphatic rings. The second-order valence-electron chi connectivity index (χ2n) is 8.00. The molecule has 1 amide bonds. The van der Waals surface area contributed by atoms with Gasteiger partial charge < -0.3 is 9.53 Å². The van der Waals surface area contributed by atoms with Crippen LogP contribution in [-0.4, -0.2) is 53.0 Å². The fraction of sp³-hybridized carbons (Fsp3) is 0.600. The van der Waals surface area contributed by atoms with Gasteiger partial charge in [-0.25, -0.2) is 4.79 Å². The highest BCUT2D eigenvalue weighted by Crippen LogP contribution is 2.31. The lowest BCUT2D eigenvalue weighted by atomic mass is 9.90. The molecule has 1 fully saturated rings. The van der Waals surface area contributed by atoms with E-state index in [1.54, 1.807) is 7.05 Å². The predicted molar refractivity (Wildman–Crippen MR) is 98.3 cm³/mol. The topological polar surface area (TPSA) is 49.9 Å². The first-order valence-corrected chi connectivity index (χ1v) is 8.88. The second kappa shape index (κ2) is 7.56. The summed E-state index contributed by atoms with van der Waals surface area (Å²) in [5.41, 5.74) is -0.301. The summed E-state index contributed by atoms with van der Waals surface area (Å²) in [6, 6.07) is 10.2. The first kappa shape index (κ1) is 19.4. The van der Waals surface area contributed by atoms with E-state index in [0.29, 0.717) is 0 Å². The van der Waals surface area contributed by atoms with Gasteiger partial charge in [-0.3, -0.25) is 9.80 Å². The molecule has 1 aromatic rings. The van der Waals surface area contributed by atoms with Gasteiger partial charge in [-0.15, -0.1) is 0 Å². The normalized spacial score (nSPS) is 20.8. The fourth-order valence-corrected chi connectivity index (χ4v) is 3.40. The number of hydrogen-bond donors (Lipinski definition) is 0. The molecular weight excluding hydrogens is 316 g/mol. The maximum Gasteiger partial charge on any atom is 0.410 e. The molecule has 1 saturated heterocycles. The Morgan fingerprint density at radius 3 is 2.48 bits per heavy atom. The van der Waals surface area contributed by atoms with Crippen molar-refractivity contribution in [2.75, 3.05) is 13.6 Å². The standard InChI is InChI=1S/C20H30N2O3/c1-19(2,3)25-18(24)21(5)20(4,15-23)17-12-9-13-22(17)14-16-10-7-6-8-11-16/h6-8,10-11,15,17H,9,12-14H2,1-5H3. The van der Waals surface area contributed by atoms with Crippen LogP contribution in [0.2, 0.25) is 0 Å². The average molecular weight is 346 g/mol. The molecule has 2 unspecified atom stereocenters. The van der Waals surface area contributed by atoms with Gasteiger partial charge >= 0.3 is 6.09 Å². The van der Waals surface area contributed by atoms with Gasteiger partial charge in [0.25, 0.3) is 0 Å². The van der Waals surface area contributed by atoms with E-state index >= 15 is 0 Å². The summed E-state index contributed by atoms with van der Waals surface area (Å²) in [4.78, 5) is 28.3. The summed E-state index contributed by atoms with van der Waals surface area (Å²) in [6.45, 7) is 9.01. The number of likely N-dealkylation sites (N-methyl/N-ethyl adjacent to an activating group) is 1.